The Morgan fingerprint density at radius 1 is 0.875 bits per heavy atom. The lowest BCUT2D eigenvalue weighted by Crippen LogP contribution is -2.27. The van der Waals surface area contributed by atoms with Gasteiger partial charge in [-0.05, 0) is 36.8 Å². The van der Waals surface area contributed by atoms with Crippen molar-refractivity contribution >= 4 is 5.95 Å². The number of fused-ring (bicyclic) bond motifs is 1. The minimum Gasteiger partial charge on any atom is -0.340 e. The topological polar surface area (TPSA) is 54.8 Å². The maximum atomic E-state index is 13.2. The molecule has 2 aromatic heterocycles. The van der Waals surface area contributed by atoms with Crippen molar-refractivity contribution in [1.82, 2.24) is 19.9 Å². The predicted molar refractivity (Wildman–Crippen MR) is 89.1 cm³/mol. The van der Waals surface area contributed by atoms with Crippen molar-refractivity contribution in [3.63, 3.8) is 0 Å². The van der Waals surface area contributed by atoms with Gasteiger partial charge in [-0.25, -0.2) is 24.3 Å². The van der Waals surface area contributed by atoms with Crippen LogP contribution in [0.5, 0.6) is 0 Å². The van der Waals surface area contributed by atoms with Gasteiger partial charge in [0.15, 0.2) is 0 Å². The van der Waals surface area contributed by atoms with Crippen LogP contribution in [0.25, 0.3) is 11.3 Å². The van der Waals surface area contributed by atoms with Crippen LogP contribution in [0.2, 0.25) is 0 Å². The number of hydrogen-bond acceptors (Lipinski definition) is 5. The highest BCUT2D eigenvalue weighted by molar-refractivity contribution is 5.64. The van der Waals surface area contributed by atoms with E-state index in [2.05, 4.69) is 24.8 Å². The summed E-state index contributed by atoms with van der Waals surface area (Å²) in [6, 6.07) is 8.27. The molecule has 0 saturated heterocycles. The largest absolute Gasteiger partial charge is 0.340 e. The van der Waals surface area contributed by atoms with Gasteiger partial charge in [0.1, 0.15) is 12.1 Å². The van der Waals surface area contributed by atoms with Crippen LogP contribution < -0.4 is 4.90 Å². The van der Waals surface area contributed by atoms with Gasteiger partial charge in [0.25, 0.3) is 0 Å². The number of rotatable bonds is 2. The van der Waals surface area contributed by atoms with E-state index in [1.165, 1.54) is 12.1 Å². The SMILES string of the molecule is Fc1ccc(-c2ncnc3c2CCN(c2ncccn2)CC3)cc1. The molecular formula is C18H16FN5. The van der Waals surface area contributed by atoms with Crippen LogP contribution in [-0.2, 0) is 12.8 Å². The van der Waals surface area contributed by atoms with Gasteiger partial charge in [0, 0.05) is 48.7 Å². The number of anilines is 1. The molecule has 1 aliphatic heterocycles. The van der Waals surface area contributed by atoms with Gasteiger partial charge in [0.05, 0.1) is 5.69 Å². The van der Waals surface area contributed by atoms with Crippen molar-refractivity contribution in [3.05, 3.63) is 66.1 Å². The normalized spacial score (nSPS) is 14.1. The first kappa shape index (κ1) is 14.7. The molecule has 0 radical (unpaired) electrons. The molecule has 0 saturated carbocycles. The zero-order valence-electron chi connectivity index (χ0n) is 13.1. The summed E-state index contributed by atoms with van der Waals surface area (Å²) in [5, 5.41) is 0. The Hall–Kier alpha value is -2.89. The Labute approximate surface area is 139 Å². The van der Waals surface area contributed by atoms with Gasteiger partial charge in [-0.2, -0.15) is 0 Å². The Balaban J connectivity index is 1.66. The van der Waals surface area contributed by atoms with Crippen LogP contribution in [0, 0.1) is 5.82 Å². The molecule has 0 spiro atoms. The molecule has 3 aromatic rings. The molecule has 0 unspecified atom stereocenters. The lowest BCUT2D eigenvalue weighted by atomic mass is 10.0. The number of benzene rings is 1. The van der Waals surface area contributed by atoms with Gasteiger partial charge < -0.3 is 4.90 Å². The molecule has 0 amide bonds. The second-order valence-electron chi connectivity index (χ2n) is 5.69. The first-order valence-corrected chi connectivity index (χ1v) is 7.92. The number of hydrogen-bond donors (Lipinski definition) is 0. The maximum absolute atomic E-state index is 13.2. The lowest BCUT2D eigenvalue weighted by Gasteiger charge is -2.19. The summed E-state index contributed by atoms with van der Waals surface area (Å²) >= 11 is 0. The van der Waals surface area contributed by atoms with E-state index in [1.807, 2.05) is 6.07 Å². The predicted octanol–water partition coefficient (Wildman–Crippen LogP) is 2.68. The summed E-state index contributed by atoms with van der Waals surface area (Å²) in [5.74, 6) is 0.493. The quantitative estimate of drug-likeness (QED) is 0.726. The van der Waals surface area contributed by atoms with E-state index >= 15 is 0 Å². The van der Waals surface area contributed by atoms with Crippen LogP contribution in [0.1, 0.15) is 11.3 Å². The standard InChI is InChI=1S/C18H16FN5/c19-14-4-2-13(3-5-14)17-15-6-10-24(18-20-8-1-9-21-18)11-7-16(15)22-12-23-17/h1-5,8-9,12H,6-7,10-11H2. The molecule has 1 aromatic carbocycles. The minimum atomic E-state index is -0.244. The monoisotopic (exact) mass is 321 g/mol. The summed E-state index contributed by atoms with van der Waals surface area (Å²) in [6.45, 7) is 1.62. The summed E-state index contributed by atoms with van der Waals surface area (Å²) in [4.78, 5) is 19.7. The molecule has 24 heavy (non-hydrogen) atoms. The first-order chi connectivity index (χ1) is 11.8. The first-order valence-electron chi connectivity index (χ1n) is 7.92. The average molecular weight is 321 g/mol. The summed E-state index contributed by atoms with van der Waals surface area (Å²) in [5.41, 5.74) is 3.97. The van der Waals surface area contributed by atoms with Crippen molar-refractivity contribution < 1.29 is 4.39 Å². The second-order valence-corrected chi connectivity index (χ2v) is 5.69. The molecule has 0 atom stereocenters. The molecule has 0 bridgehead atoms. The third-order valence-corrected chi connectivity index (χ3v) is 4.24. The van der Waals surface area contributed by atoms with E-state index < -0.39 is 0 Å². The van der Waals surface area contributed by atoms with Crippen LogP contribution in [0.4, 0.5) is 10.3 Å². The number of aromatic nitrogens is 4. The third kappa shape index (κ3) is 2.82. The fourth-order valence-corrected chi connectivity index (χ4v) is 3.04. The Bertz CT molecular complexity index is 836. The van der Waals surface area contributed by atoms with Crippen LogP contribution >= 0.6 is 0 Å². The zero-order chi connectivity index (χ0) is 16.4. The summed E-state index contributed by atoms with van der Waals surface area (Å²) < 4.78 is 13.2. The van der Waals surface area contributed by atoms with E-state index in [0.29, 0.717) is 0 Å². The van der Waals surface area contributed by atoms with Crippen molar-refractivity contribution in [2.75, 3.05) is 18.0 Å². The summed E-state index contributed by atoms with van der Waals surface area (Å²) in [7, 11) is 0. The molecule has 0 aliphatic carbocycles. The van der Waals surface area contributed by atoms with Crippen molar-refractivity contribution in [1.29, 1.82) is 0 Å². The zero-order valence-corrected chi connectivity index (χ0v) is 13.1. The second kappa shape index (κ2) is 6.31. The van der Waals surface area contributed by atoms with E-state index in [9.17, 15) is 4.39 Å². The lowest BCUT2D eigenvalue weighted by molar-refractivity contribution is 0.628. The van der Waals surface area contributed by atoms with E-state index in [1.54, 1.807) is 30.9 Å². The Morgan fingerprint density at radius 3 is 2.42 bits per heavy atom. The van der Waals surface area contributed by atoms with Crippen LogP contribution in [0.3, 0.4) is 0 Å². The molecule has 4 rings (SSSR count). The van der Waals surface area contributed by atoms with E-state index in [0.717, 1.165) is 54.4 Å². The van der Waals surface area contributed by atoms with Crippen LogP contribution in [0.15, 0.2) is 49.1 Å². The highest BCUT2D eigenvalue weighted by Crippen LogP contribution is 2.26. The molecule has 1 aliphatic rings. The molecule has 0 fully saturated rings. The van der Waals surface area contributed by atoms with Gasteiger partial charge in [-0.15, -0.1) is 0 Å². The van der Waals surface area contributed by atoms with Gasteiger partial charge in [-0.1, -0.05) is 0 Å². The average Bonchev–Trinajstić information content (AvgIpc) is 2.86. The molecule has 3 heterocycles. The molecule has 120 valence electrons. The maximum Gasteiger partial charge on any atom is 0.225 e. The van der Waals surface area contributed by atoms with Gasteiger partial charge in [0.2, 0.25) is 5.95 Å². The highest BCUT2D eigenvalue weighted by Gasteiger charge is 2.20. The minimum absolute atomic E-state index is 0.244. The van der Waals surface area contributed by atoms with E-state index in [-0.39, 0.29) is 5.82 Å². The van der Waals surface area contributed by atoms with Gasteiger partial charge in [-0.3, -0.25) is 0 Å². The van der Waals surface area contributed by atoms with E-state index in [4.69, 9.17) is 0 Å². The number of nitrogens with zero attached hydrogens (tertiary/aromatic N) is 5. The van der Waals surface area contributed by atoms with Crippen LogP contribution in [-0.4, -0.2) is 33.0 Å². The van der Waals surface area contributed by atoms with Gasteiger partial charge >= 0.3 is 0 Å². The fraction of sp³-hybridized carbons (Fsp3) is 0.222. The third-order valence-electron chi connectivity index (χ3n) is 4.24. The molecule has 6 heteroatoms. The fourth-order valence-electron chi connectivity index (χ4n) is 3.04. The Kier molecular flexibility index (Phi) is 3.86. The molecule has 5 nitrogen and oxygen atoms in total. The molecular weight excluding hydrogens is 305 g/mol. The molecule has 0 N–H and O–H groups in total. The Morgan fingerprint density at radius 2 is 1.62 bits per heavy atom. The number of halogens is 1. The van der Waals surface area contributed by atoms with Crippen molar-refractivity contribution in [2.45, 2.75) is 12.8 Å². The van der Waals surface area contributed by atoms with Crippen molar-refractivity contribution in [3.8, 4) is 11.3 Å². The van der Waals surface area contributed by atoms with Crippen molar-refractivity contribution in [2.24, 2.45) is 0 Å². The smallest absolute Gasteiger partial charge is 0.225 e. The summed E-state index contributed by atoms with van der Waals surface area (Å²) in [6.07, 6.45) is 6.71. The highest BCUT2D eigenvalue weighted by atomic mass is 19.1.